The molecule has 0 bridgehead atoms. The van der Waals surface area contributed by atoms with E-state index in [1.54, 1.807) is 0 Å². The molecule has 4 nitrogen and oxygen atoms in total. The molecule has 1 saturated heterocycles. The summed E-state index contributed by atoms with van der Waals surface area (Å²) in [6, 6.07) is 6.20. The lowest BCUT2D eigenvalue weighted by molar-refractivity contribution is -0.272. The van der Waals surface area contributed by atoms with Crippen LogP contribution in [0.15, 0.2) is 18.2 Å². The van der Waals surface area contributed by atoms with Crippen molar-refractivity contribution < 1.29 is 18.9 Å². The first kappa shape index (κ1) is 19.5. The van der Waals surface area contributed by atoms with Crippen LogP contribution in [0.25, 0.3) is 0 Å². The maximum Gasteiger partial charge on any atom is 0.231 e. The Morgan fingerprint density at radius 3 is 2.38 bits per heavy atom. The van der Waals surface area contributed by atoms with Crippen molar-refractivity contribution in [2.24, 2.45) is 5.92 Å². The van der Waals surface area contributed by atoms with Gasteiger partial charge in [0.25, 0.3) is 0 Å². The minimum absolute atomic E-state index is 0.0523. The zero-order chi connectivity index (χ0) is 18.4. The van der Waals surface area contributed by atoms with Crippen LogP contribution in [0.1, 0.15) is 83.8 Å². The number of benzene rings is 1. The molecular formula is C22H34O4. The average molecular weight is 363 g/mol. The van der Waals surface area contributed by atoms with Crippen molar-refractivity contribution in [1.82, 2.24) is 0 Å². The van der Waals surface area contributed by atoms with Crippen molar-refractivity contribution in [1.29, 1.82) is 0 Å². The van der Waals surface area contributed by atoms with Crippen molar-refractivity contribution in [2.45, 2.75) is 90.6 Å². The highest BCUT2D eigenvalue weighted by molar-refractivity contribution is 5.45. The van der Waals surface area contributed by atoms with Gasteiger partial charge >= 0.3 is 0 Å². The van der Waals surface area contributed by atoms with Gasteiger partial charge in [-0.2, -0.15) is 0 Å². The topological polar surface area (TPSA) is 36.9 Å². The van der Waals surface area contributed by atoms with Gasteiger partial charge < -0.3 is 18.9 Å². The monoisotopic (exact) mass is 362 g/mol. The van der Waals surface area contributed by atoms with E-state index in [9.17, 15) is 0 Å². The predicted molar refractivity (Wildman–Crippen MR) is 103 cm³/mol. The molecule has 4 atom stereocenters. The molecule has 2 heterocycles. The van der Waals surface area contributed by atoms with E-state index in [4.69, 9.17) is 18.9 Å². The van der Waals surface area contributed by atoms with Gasteiger partial charge in [0.15, 0.2) is 17.8 Å². The van der Waals surface area contributed by atoms with Gasteiger partial charge in [0.2, 0.25) is 6.79 Å². The van der Waals surface area contributed by atoms with Crippen LogP contribution < -0.4 is 9.47 Å². The van der Waals surface area contributed by atoms with Crippen LogP contribution in [0.2, 0.25) is 0 Å². The van der Waals surface area contributed by atoms with Gasteiger partial charge in [-0.15, -0.1) is 0 Å². The third kappa shape index (κ3) is 4.72. The molecule has 0 aromatic heterocycles. The maximum atomic E-state index is 6.41. The highest BCUT2D eigenvalue weighted by atomic mass is 16.7. The minimum atomic E-state index is -0.0974. The van der Waals surface area contributed by atoms with Gasteiger partial charge in [0.05, 0.1) is 12.2 Å². The molecule has 1 aromatic rings. The molecular weight excluding hydrogens is 328 g/mol. The van der Waals surface area contributed by atoms with E-state index < -0.39 is 0 Å². The van der Waals surface area contributed by atoms with Gasteiger partial charge in [-0.05, 0) is 37.0 Å². The molecule has 26 heavy (non-hydrogen) atoms. The van der Waals surface area contributed by atoms with Crippen LogP contribution in [0.5, 0.6) is 11.5 Å². The van der Waals surface area contributed by atoms with Crippen LogP contribution in [-0.2, 0) is 9.47 Å². The summed E-state index contributed by atoms with van der Waals surface area (Å²) in [4.78, 5) is 0. The average Bonchev–Trinajstić information content (AvgIpc) is 3.12. The smallest absolute Gasteiger partial charge is 0.231 e. The zero-order valence-corrected chi connectivity index (χ0v) is 16.5. The summed E-state index contributed by atoms with van der Waals surface area (Å²) in [6.45, 7) is 7.04. The van der Waals surface area contributed by atoms with Crippen LogP contribution in [0.3, 0.4) is 0 Å². The summed E-state index contributed by atoms with van der Waals surface area (Å²) in [5.41, 5.74) is 1.17. The van der Waals surface area contributed by atoms with E-state index >= 15 is 0 Å². The predicted octanol–water partition coefficient (Wildman–Crippen LogP) is 5.99. The SMILES string of the molecule is CCCCC[C@@H]1O[C@H](CCCCC)[C@H](C)[C@H](c2ccc3c(c2)OCO3)O1. The number of fused-ring (bicyclic) bond motifs is 1. The van der Waals surface area contributed by atoms with Crippen molar-refractivity contribution in [3.05, 3.63) is 23.8 Å². The summed E-state index contributed by atoms with van der Waals surface area (Å²) in [5, 5.41) is 0. The Morgan fingerprint density at radius 1 is 0.885 bits per heavy atom. The second-order valence-electron chi connectivity index (χ2n) is 7.62. The van der Waals surface area contributed by atoms with Crippen LogP contribution in [0.4, 0.5) is 0 Å². The van der Waals surface area contributed by atoms with Crippen molar-refractivity contribution in [3.63, 3.8) is 0 Å². The summed E-state index contributed by atoms with van der Waals surface area (Å²) < 4.78 is 23.8. The van der Waals surface area contributed by atoms with Gasteiger partial charge in [-0.3, -0.25) is 0 Å². The fourth-order valence-electron chi connectivity index (χ4n) is 3.93. The van der Waals surface area contributed by atoms with E-state index in [-0.39, 0.29) is 18.5 Å². The normalized spacial score (nSPS) is 27.7. The summed E-state index contributed by atoms with van der Waals surface area (Å²) in [5.74, 6) is 1.98. The van der Waals surface area contributed by atoms with Crippen LogP contribution in [-0.4, -0.2) is 19.2 Å². The zero-order valence-electron chi connectivity index (χ0n) is 16.5. The van der Waals surface area contributed by atoms with Crippen molar-refractivity contribution in [3.8, 4) is 11.5 Å². The molecule has 4 heteroatoms. The van der Waals surface area contributed by atoms with E-state index in [1.807, 2.05) is 6.07 Å². The molecule has 0 aliphatic carbocycles. The maximum absolute atomic E-state index is 6.41. The second kappa shape index (κ2) is 9.61. The van der Waals surface area contributed by atoms with E-state index in [2.05, 4.69) is 32.9 Å². The molecule has 0 N–H and O–H groups in total. The fraction of sp³-hybridized carbons (Fsp3) is 0.727. The first-order valence-corrected chi connectivity index (χ1v) is 10.4. The Balaban J connectivity index is 1.72. The van der Waals surface area contributed by atoms with Gasteiger partial charge in [0.1, 0.15) is 0 Å². The van der Waals surface area contributed by atoms with E-state index in [1.165, 1.54) is 37.7 Å². The van der Waals surface area contributed by atoms with Crippen molar-refractivity contribution >= 4 is 0 Å². The molecule has 3 rings (SSSR count). The van der Waals surface area contributed by atoms with Gasteiger partial charge in [-0.1, -0.05) is 58.9 Å². The first-order chi connectivity index (χ1) is 12.7. The molecule has 0 amide bonds. The third-order valence-electron chi connectivity index (χ3n) is 5.55. The highest BCUT2D eigenvalue weighted by Crippen LogP contribution is 2.42. The standard InChI is InChI=1S/C22H34O4/c1-4-6-8-10-18-16(3)22(26-21(25-18)11-9-7-5-2)17-12-13-19-20(14-17)24-15-23-19/h12-14,16,18,21-22H,4-11,15H2,1-3H3/t16-,18+,21+,22+/m0/s1. The molecule has 0 radical (unpaired) electrons. The summed E-state index contributed by atoms with van der Waals surface area (Å²) in [6.07, 6.45) is 9.64. The Morgan fingerprint density at radius 2 is 1.62 bits per heavy atom. The van der Waals surface area contributed by atoms with Crippen LogP contribution >= 0.6 is 0 Å². The van der Waals surface area contributed by atoms with Gasteiger partial charge in [0, 0.05) is 5.92 Å². The minimum Gasteiger partial charge on any atom is -0.454 e. The Bertz CT molecular complexity index is 559. The number of hydrogen-bond donors (Lipinski definition) is 0. The summed E-state index contributed by atoms with van der Waals surface area (Å²) >= 11 is 0. The lowest BCUT2D eigenvalue weighted by atomic mass is 9.88. The van der Waals surface area contributed by atoms with Crippen molar-refractivity contribution in [2.75, 3.05) is 6.79 Å². The second-order valence-corrected chi connectivity index (χ2v) is 7.62. The Labute approximate surface area is 158 Å². The fourth-order valence-corrected chi connectivity index (χ4v) is 3.93. The van der Waals surface area contributed by atoms with Gasteiger partial charge in [-0.25, -0.2) is 0 Å². The number of rotatable bonds is 9. The summed E-state index contributed by atoms with van der Waals surface area (Å²) in [7, 11) is 0. The lowest BCUT2D eigenvalue weighted by Crippen LogP contribution is -2.40. The molecule has 0 saturated carbocycles. The largest absolute Gasteiger partial charge is 0.454 e. The molecule has 2 aliphatic rings. The number of unbranched alkanes of at least 4 members (excludes halogenated alkanes) is 4. The first-order valence-electron chi connectivity index (χ1n) is 10.4. The molecule has 1 aromatic carbocycles. The molecule has 1 fully saturated rings. The molecule has 2 aliphatic heterocycles. The Hall–Kier alpha value is -1.26. The number of ether oxygens (including phenoxy) is 4. The molecule has 146 valence electrons. The molecule has 0 spiro atoms. The van der Waals surface area contributed by atoms with E-state index in [0.717, 1.165) is 30.8 Å². The van der Waals surface area contributed by atoms with Crippen LogP contribution in [0, 0.1) is 5.92 Å². The quantitative estimate of drug-likeness (QED) is 0.505. The highest BCUT2D eigenvalue weighted by Gasteiger charge is 2.37. The third-order valence-corrected chi connectivity index (χ3v) is 5.55. The number of hydrogen-bond acceptors (Lipinski definition) is 4. The van der Waals surface area contributed by atoms with E-state index in [0.29, 0.717) is 12.7 Å². The Kier molecular flexibility index (Phi) is 7.21. The molecule has 0 unspecified atom stereocenters. The lowest BCUT2D eigenvalue weighted by Gasteiger charge is -2.41.